The van der Waals surface area contributed by atoms with E-state index in [0.717, 1.165) is 0 Å². The molecule has 0 spiro atoms. The first-order valence-electron chi connectivity index (χ1n) is 3.52. The summed E-state index contributed by atoms with van der Waals surface area (Å²) in [6, 6.07) is 4.19. The molecule has 5 heteroatoms. The highest BCUT2D eigenvalue weighted by Crippen LogP contribution is 2.20. The van der Waals surface area contributed by atoms with Crippen LogP contribution in [0.15, 0.2) is 18.2 Å². The van der Waals surface area contributed by atoms with Gasteiger partial charge in [-0.05, 0) is 12.1 Å². The van der Waals surface area contributed by atoms with Gasteiger partial charge in [0.05, 0.1) is 5.02 Å². The van der Waals surface area contributed by atoms with Crippen molar-refractivity contribution < 1.29 is 9.13 Å². The lowest BCUT2D eigenvalue weighted by Gasteiger charge is -2.04. The summed E-state index contributed by atoms with van der Waals surface area (Å²) in [5.41, 5.74) is 5.21. The monoisotopic (exact) mass is 225 g/mol. The van der Waals surface area contributed by atoms with Gasteiger partial charge in [-0.1, -0.05) is 11.6 Å². The lowest BCUT2D eigenvalue weighted by molar-refractivity contribution is 0.328. The van der Waals surface area contributed by atoms with Crippen molar-refractivity contribution in [1.29, 1.82) is 0 Å². The third-order valence-electron chi connectivity index (χ3n) is 1.28. The molecule has 0 unspecified atom stereocenters. The largest absolute Gasteiger partial charge is 0.492 e. The van der Waals surface area contributed by atoms with Gasteiger partial charge < -0.3 is 10.5 Å². The maximum atomic E-state index is 12.6. The summed E-state index contributed by atoms with van der Waals surface area (Å²) >= 11 is 5.51. The summed E-state index contributed by atoms with van der Waals surface area (Å²) in [4.78, 5) is 0. The second kappa shape index (κ2) is 6.02. The molecule has 0 fully saturated rings. The minimum absolute atomic E-state index is 0. The van der Waals surface area contributed by atoms with Gasteiger partial charge in [-0.3, -0.25) is 0 Å². The first-order valence-corrected chi connectivity index (χ1v) is 3.90. The van der Waals surface area contributed by atoms with Gasteiger partial charge in [0, 0.05) is 12.6 Å². The fourth-order valence-electron chi connectivity index (χ4n) is 0.743. The Morgan fingerprint density at radius 1 is 1.46 bits per heavy atom. The first-order chi connectivity index (χ1) is 5.74. The van der Waals surface area contributed by atoms with Gasteiger partial charge in [-0.15, -0.1) is 12.4 Å². The number of ether oxygens (including phenoxy) is 1. The number of benzene rings is 1. The zero-order chi connectivity index (χ0) is 8.97. The number of nitrogens with two attached hydrogens (primary N) is 1. The molecule has 2 N–H and O–H groups in total. The van der Waals surface area contributed by atoms with Crippen LogP contribution in [0.3, 0.4) is 0 Å². The summed E-state index contributed by atoms with van der Waals surface area (Å²) in [6.07, 6.45) is 0. The minimum atomic E-state index is -0.447. The Bertz CT molecular complexity index is 270. The van der Waals surface area contributed by atoms with Gasteiger partial charge in [-0.2, -0.15) is 0 Å². The summed E-state index contributed by atoms with van der Waals surface area (Å²) in [5, 5.41) is 0.0597. The molecule has 0 saturated heterocycles. The van der Waals surface area contributed by atoms with Gasteiger partial charge in [0.2, 0.25) is 0 Å². The molecule has 0 heterocycles. The van der Waals surface area contributed by atoms with E-state index in [0.29, 0.717) is 18.9 Å². The second-order valence-corrected chi connectivity index (χ2v) is 2.62. The number of hydrogen-bond acceptors (Lipinski definition) is 2. The first kappa shape index (κ1) is 12.5. The zero-order valence-corrected chi connectivity index (χ0v) is 8.37. The quantitative estimate of drug-likeness (QED) is 0.857. The van der Waals surface area contributed by atoms with E-state index >= 15 is 0 Å². The van der Waals surface area contributed by atoms with Crippen molar-refractivity contribution in [3.63, 3.8) is 0 Å². The van der Waals surface area contributed by atoms with E-state index in [1.54, 1.807) is 0 Å². The molecule has 0 saturated carbocycles. The zero-order valence-electron chi connectivity index (χ0n) is 6.80. The van der Waals surface area contributed by atoms with Gasteiger partial charge >= 0.3 is 0 Å². The van der Waals surface area contributed by atoms with Crippen molar-refractivity contribution in [3.8, 4) is 5.75 Å². The third kappa shape index (κ3) is 3.81. The van der Waals surface area contributed by atoms with Crippen LogP contribution in [-0.2, 0) is 0 Å². The van der Waals surface area contributed by atoms with Crippen LogP contribution < -0.4 is 10.5 Å². The summed E-state index contributed by atoms with van der Waals surface area (Å²) in [6.45, 7) is 0.830. The highest BCUT2D eigenvalue weighted by Gasteiger charge is 2.00. The molecular weight excluding hydrogens is 216 g/mol. The van der Waals surface area contributed by atoms with Crippen LogP contribution in [0.4, 0.5) is 4.39 Å². The number of rotatable bonds is 3. The third-order valence-corrected chi connectivity index (χ3v) is 1.57. The van der Waals surface area contributed by atoms with Crippen molar-refractivity contribution in [3.05, 3.63) is 29.0 Å². The van der Waals surface area contributed by atoms with E-state index in [1.165, 1.54) is 18.2 Å². The van der Waals surface area contributed by atoms with Crippen LogP contribution in [-0.4, -0.2) is 13.2 Å². The minimum Gasteiger partial charge on any atom is -0.492 e. The van der Waals surface area contributed by atoms with E-state index in [-0.39, 0.29) is 17.4 Å². The molecule has 1 aromatic rings. The topological polar surface area (TPSA) is 35.2 Å². The molecule has 0 atom stereocenters. The van der Waals surface area contributed by atoms with Crippen LogP contribution in [0.5, 0.6) is 5.75 Å². The standard InChI is InChI=1S/C8H9ClFNO.ClH/c9-7-5-6(12-4-3-11)1-2-8(7)10;/h1-2,5H,3-4,11H2;1H. The summed E-state index contributed by atoms with van der Waals surface area (Å²) < 4.78 is 17.7. The van der Waals surface area contributed by atoms with Crippen LogP contribution in [0.2, 0.25) is 5.02 Å². The van der Waals surface area contributed by atoms with E-state index in [2.05, 4.69) is 0 Å². The molecule has 2 nitrogen and oxygen atoms in total. The molecule has 0 bridgehead atoms. The molecule has 1 rings (SSSR count). The van der Waals surface area contributed by atoms with E-state index in [1.807, 2.05) is 0 Å². The van der Waals surface area contributed by atoms with Crippen molar-refractivity contribution in [2.24, 2.45) is 5.73 Å². The molecule has 13 heavy (non-hydrogen) atoms. The average molecular weight is 226 g/mol. The molecule has 1 aromatic carbocycles. The van der Waals surface area contributed by atoms with Crippen molar-refractivity contribution in [2.75, 3.05) is 13.2 Å². The molecule has 0 aliphatic carbocycles. The molecule has 0 radical (unpaired) electrons. The second-order valence-electron chi connectivity index (χ2n) is 2.21. The fourth-order valence-corrected chi connectivity index (χ4v) is 0.914. The molecular formula is C8H10Cl2FNO. The number of halogens is 3. The van der Waals surface area contributed by atoms with Crippen LogP contribution in [0.25, 0.3) is 0 Å². The van der Waals surface area contributed by atoms with Crippen molar-refractivity contribution in [1.82, 2.24) is 0 Å². The van der Waals surface area contributed by atoms with E-state index in [4.69, 9.17) is 22.1 Å². The molecule has 0 amide bonds. The highest BCUT2D eigenvalue weighted by molar-refractivity contribution is 6.30. The van der Waals surface area contributed by atoms with Gasteiger partial charge in [0.1, 0.15) is 18.2 Å². The lowest BCUT2D eigenvalue weighted by atomic mass is 10.3. The van der Waals surface area contributed by atoms with Gasteiger partial charge in [0.15, 0.2) is 0 Å². The normalized spacial score (nSPS) is 9.15. The predicted molar refractivity (Wildman–Crippen MR) is 53.2 cm³/mol. The Balaban J connectivity index is 0.00000144. The Kier molecular flexibility index (Phi) is 5.79. The average Bonchev–Trinajstić information content (AvgIpc) is 2.07. The fraction of sp³-hybridized carbons (Fsp3) is 0.250. The smallest absolute Gasteiger partial charge is 0.142 e. The summed E-state index contributed by atoms with van der Waals surface area (Å²) in [7, 11) is 0. The SMILES string of the molecule is Cl.NCCOc1ccc(F)c(Cl)c1. The summed E-state index contributed by atoms with van der Waals surface area (Å²) in [5.74, 6) is 0.0867. The highest BCUT2D eigenvalue weighted by atomic mass is 35.5. The Labute approximate surface area is 87.2 Å². The van der Waals surface area contributed by atoms with Gasteiger partial charge in [0.25, 0.3) is 0 Å². The number of hydrogen-bond donors (Lipinski definition) is 1. The van der Waals surface area contributed by atoms with E-state index < -0.39 is 5.82 Å². The maximum absolute atomic E-state index is 12.6. The Hall–Kier alpha value is -0.510. The molecule has 0 aromatic heterocycles. The molecule has 0 aliphatic heterocycles. The molecule has 74 valence electrons. The van der Waals surface area contributed by atoms with Crippen molar-refractivity contribution >= 4 is 24.0 Å². The van der Waals surface area contributed by atoms with Crippen LogP contribution in [0, 0.1) is 5.82 Å². The predicted octanol–water partition coefficient (Wildman–Crippen LogP) is 2.24. The van der Waals surface area contributed by atoms with E-state index in [9.17, 15) is 4.39 Å². The Morgan fingerprint density at radius 3 is 2.69 bits per heavy atom. The van der Waals surface area contributed by atoms with Crippen LogP contribution in [0.1, 0.15) is 0 Å². The van der Waals surface area contributed by atoms with Crippen molar-refractivity contribution in [2.45, 2.75) is 0 Å². The molecule has 0 aliphatic rings. The maximum Gasteiger partial charge on any atom is 0.142 e. The van der Waals surface area contributed by atoms with Gasteiger partial charge in [-0.25, -0.2) is 4.39 Å². The Morgan fingerprint density at radius 2 is 2.15 bits per heavy atom. The lowest BCUT2D eigenvalue weighted by Crippen LogP contribution is -2.10. The van der Waals surface area contributed by atoms with Crippen LogP contribution >= 0.6 is 24.0 Å².